The van der Waals surface area contributed by atoms with Crippen LogP contribution in [-0.2, 0) is 4.74 Å². The second kappa shape index (κ2) is 12.9. The molecule has 0 bridgehead atoms. The van der Waals surface area contributed by atoms with Crippen molar-refractivity contribution in [3.8, 4) is 0 Å². The second-order valence-corrected chi connectivity index (χ2v) is 9.54. The Bertz CT molecular complexity index is 1540. The van der Waals surface area contributed by atoms with Gasteiger partial charge in [0.25, 0.3) is 0 Å². The molecular formula is C34H35NO4. The fourth-order valence-corrected chi connectivity index (χ4v) is 4.60. The fourth-order valence-electron chi connectivity index (χ4n) is 4.60. The van der Waals surface area contributed by atoms with Gasteiger partial charge in [0, 0.05) is 30.2 Å². The lowest BCUT2D eigenvalue weighted by atomic mass is 10.0. The van der Waals surface area contributed by atoms with Gasteiger partial charge in [0.2, 0.25) is 0 Å². The number of carbonyl (C=O) groups is 1. The van der Waals surface area contributed by atoms with Crippen molar-refractivity contribution in [1.29, 1.82) is 0 Å². The number of rotatable bonds is 10. The number of nitrogens with zero attached hydrogens (tertiary/aromatic N) is 1. The van der Waals surface area contributed by atoms with Crippen LogP contribution in [0.4, 0.5) is 5.69 Å². The van der Waals surface area contributed by atoms with Crippen LogP contribution >= 0.6 is 0 Å². The van der Waals surface area contributed by atoms with E-state index in [2.05, 4.69) is 30.9 Å². The Kier molecular flexibility index (Phi) is 9.16. The molecule has 0 saturated carbocycles. The summed E-state index contributed by atoms with van der Waals surface area (Å²) in [6.45, 7) is 8.27. The molecule has 0 spiro atoms. The summed E-state index contributed by atoms with van der Waals surface area (Å²) in [5.74, 6) is -0.346. The van der Waals surface area contributed by atoms with Crippen molar-refractivity contribution in [1.82, 2.24) is 0 Å². The molecule has 4 rings (SSSR count). The number of anilines is 1. The molecule has 0 saturated heterocycles. The minimum atomic E-state index is -0.346. The summed E-state index contributed by atoms with van der Waals surface area (Å²) in [6.07, 6.45) is 9.90. The molecule has 0 unspecified atom stereocenters. The van der Waals surface area contributed by atoms with Crippen LogP contribution in [0.2, 0.25) is 0 Å². The quantitative estimate of drug-likeness (QED) is 0.121. The summed E-state index contributed by atoms with van der Waals surface area (Å²) in [7, 11) is 1.37. The number of benzene rings is 3. The van der Waals surface area contributed by atoms with Gasteiger partial charge in [-0.2, -0.15) is 0 Å². The number of esters is 1. The Balaban J connectivity index is 1.50. The molecule has 39 heavy (non-hydrogen) atoms. The van der Waals surface area contributed by atoms with Gasteiger partial charge in [-0.05, 0) is 72.4 Å². The van der Waals surface area contributed by atoms with Gasteiger partial charge < -0.3 is 14.1 Å². The van der Waals surface area contributed by atoms with Gasteiger partial charge in [-0.3, -0.25) is 0 Å². The summed E-state index contributed by atoms with van der Waals surface area (Å²) in [5.41, 5.74) is 6.40. The zero-order valence-electron chi connectivity index (χ0n) is 23.1. The maximum absolute atomic E-state index is 12.9. The first-order valence-corrected chi connectivity index (χ1v) is 13.4. The minimum absolute atomic E-state index is 0.330. The predicted molar refractivity (Wildman–Crippen MR) is 162 cm³/mol. The van der Waals surface area contributed by atoms with Gasteiger partial charge in [-0.1, -0.05) is 68.5 Å². The van der Waals surface area contributed by atoms with E-state index in [1.165, 1.54) is 7.11 Å². The Morgan fingerprint density at radius 3 is 1.90 bits per heavy atom. The lowest BCUT2D eigenvalue weighted by molar-refractivity contribution is 0.0600. The summed E-state index contributed by atoms with van der Waals surface area (Å²) in [4.78, 5) is 26.8. The number of fused-ring (bicyclic) bond motifs is 1. The van der Waals surface area contributed by atoms with Crippen LogP contribution in [0.15, 0.2) is 75.9 Å². The van der Waals surface area contributed by atoms with E-state index in [0.717, 1.165) is 59.3 Å². The van der Waals surface area contributed by atoms with Crippen LogP contribution < -0.4 is 10.5 Å². The van der Waals surface area contributed by atoms with Crippen molar-refractivity contribution in [3.05, 3.63) is 111 Å². The molecule has 5 heteroatoms. The average molecular weight is 522 g/mol. The summed E-state index contributed by atoms with van der Waals surface area (Å²) < 4.78 is 10.5. The van der Waals surface area contributed by atoms with E-state index in [1.807, 2.05) is 73.7 Å². The molecule has 0 radical (unpaired) electrons. The van der Waals surface area contributed by atoms with Crippen molar-refractivity contribution in [2.75, 3.05) is 25.1 Å². The fraction of sp³-hybridized carbons (Fsp3) is 0.235. The van der Waals surface area contributed by atoms with Crippen molar-refractivity contribution < 1.29 is 13.9 Å². The maximum atomic E-state index is 12.9. The van der Waals surface area contributed by atoms with Gasteiger partial charge in [0.1, 0.15) is 5.58 Å². The number of aryl methyl sites for hydroxylation is 1. The van der Waals surface area contributed by atoms with Crippen LogP contribution in [0, 0.1) is 6.92 Å². The smallest absolute Gasteiger partial charge is 0.343 e. The predicted octanol–water partition coefficient (Wildman–Crippen LogP) is 7.86. The van der Waals surface area contributed by atoms with Crippen LogP contribution in [-0.4, -0.2) is 26.2 Å². The van der Waals surface area contributed by atoms with Crippen molar-refractivity contribution in [2.24, 2.45) is 0 Å². The summed E-state index contributed by atoms with van der Waals surface area (Å²) in [5, 5.41) is 0.950. The van der Waals surface area contributed by atoms with Crippen molar-refractivity contribution >= 4 is 46.9 Å². The lowest BCUT2D eigenvalue weighted by Gasteiger charge is -2.24. The first-order valence-electron chi connectivity index (χ1n) is 13.4. The molecule has 0 fully saturated rings. The first kappa shape index (κ1) is 27.6. The average Bonchev–Trinajstić information content (AvgIpc) is 2.96. The second-order valence-electron chi connectivity index (χ2n) is 9.54. The van der Waals surface area contributed by atoms with Crippen LogP contribution in [0.3, 0.4) is 0 Å². The van der Waals surface area contributed by atoms with Crippen molar-refractivity contribution in [3.63, 3.8) is 0 Å². The zero-order chi connectivity index (χ0) is 27.8. The van der Waals surface area contributed by atoms with Crippen molar-refractivity contribution in [2.45, 2.75) is 33.6 Å². The van der Waals surface area contributed by atoms with E-state index in [1.54, 1.807) is 12.1 Å². The third kappa shape index (κ3) is 6.74. The Morgan fingerprint density at radius 1 is 0.821 bits per heavy atom. The van der Waals surface area contributed by atoms with E-state index in [9.17, 15) is 9.59 Å². The van der Waals surface area contributed by atoms with Gasteiger partial charge in [-0.15, -0.1) is 0 Å². The molecule has 200 valence electrons. The maximum Gasteiger partial charge on any atom is 0.343 e. The SMILES string of the molecule is CCCN(CCC)c1ccc2c(C)c(/C=C/c3ccc(/C=C/c4ccc(C(=O)OC)cc4)cc3)c(=O)oc2c1. The van der Waals surface area contributed by atoms with E-state index < -0.39 is 0 Å². The molecule has 1 aromatic heterocycles. The Morgan fingerprint density at radius 2 is 1.36 bits per heavy atom. The number of hydrogen-bond donors (Lipinski definition) is 0. The molecule has 1 heterocycles. The third-order valence-electron chi connectivity index (χ3n) is 6.73. The minimum Gasteiger partial charge on any atom is -0.465 e. The molecule has 0 N–H and O–H groups in total. The molecule has 0 atom stereocenters. The number of methoxy groups -OCH3 is 1. The molecule has 0 amide bonds. The summed E-state index contributed by atoms with van der Waals surface area (Å²) in [6, 6.07) is 21.5. The number of carbonyl (C=O) groups excluding carboxylic acids is 1. The Hall–Kier alpha value is -4.38. The van der Waals surface area contributed by atoms with E-state index in [-0.39, 0.29) is 11.6 Å². The molecule has 0 aliphatic heterocycles. The normalized spacial score (nSPS) is 11.5. The van der Waals surface area contributed by atoms with Crippen LogP contribution in [0.1, 0.15) is 64.9 Å². The molecule has 5 nitrogen and oxygen atoms in total. The van der Waals surface area contributed by atoms with Gasteiger partial charge in [0.15, 0.2) is 0 Å². The van der Waals surface area contributed by atoms with Crippen LogP contribution in [0.5, 0.6) is 0 Å². The summed E-state index contributed by atoms with van der Waals surface area (Å²) >= 11 is 0. The van der Waals surface area contributed by atoms with Gasteiger partial charge >= 0.3 is 11.6 Å². The van der Waals surface area contributed by atoms with E-state index >= 15 is 0 Å². The monoisotopic (exact) mass is 521 g/mol. The van der Waals surface area contributed by atoms with E-state index in [0.29, 0.717) is 16.7 Å². The highest BCUT2D eigenvalue weighted by atomic mass is 16.5. The number of ether oxygens (including phenoxy) is 1. The zero-order valence-corrected chi connectivity index (χ0v) is 23.1. The lowest BCUT2D eigenvalue weighted by Crippen LogP contribution is -2.24. The molecule has 0 aliphatic carbocycles. The van der Waals surface area contributed by atoms with E-state index in [4.69, 9.17) is 9.15 Å². The van der Waals surface area contributed by atoms with Crippen LogP contribution in [0.25, 0.3) is 35.3 Å². The van der Waals surface area contributed by atoms with Gasteiger partial charge in [-0.25, -0.2) is 9.59 Å². The highest BCUT2D eigenvalue weighted by Crippen LogP contribution is 2.26. The largest absolute Gasteiger partial charge is 0.465 e. The first-order chi connectivity index (χ1) is 18.9. The molecule has 4 aromatic rings. The molecular weight excluding hydrogens is 486 g/mol. The van der Waals surface area contributed by atoms with Gasteiger partial charge in [0.05, 0.1) is 18.2 Å². The molecule has 0 aliphatic rings. The third-order valence-corrected chi connectivity index (χ3v) is 6.73. The number of hydrogen-bond acceptors (Lipinski definition) is 5. The Labute approximate surface area is 230 Å². The highest BCUT2D eigenvalue weighted by Gasteiger charge is 2.12. The topological polar surface area (TPSA) is 59.8 Å². The standard InChI is InChI=1S/C34H35NO4/c1-5-21-35(22-6-2)29-18-20-30-24(3)31(34(37)39-32(30)23-29)19-15-26-10-7-25(8-11-26)9-12-27-13-16-28(17-14-27)33(36)38-4/h7-20,23H,5-6,21-22H2,1-4H3/b12-9+,19-15+. The highest BCUT2D eigenvalue weighted by molar-refractivity contribution is 5.90. The molecule has 3 aromatic carbocycles.